The van der Waals surface area contributed by atoms with Crippen LogP contribution in [0.5, 0.6) is 0 Å². The molecule has 2 fully saturated rings. The number of rotatable bonds is 6. The summed E-state index contributed by atoms with van der Waals surface area (Å²) in [7, 11) is 0. The van der Waals surface area contributed by atoms with Crippen molar-refractivity contribution in [3.8, 4) is 6.19 Å². The highest BCUT2D eigenvalue weighted by Crippen LogP contribution is 2.39. The number of carbonyl (C=O) groups excluding carboxylic acids is 1. The van der Waals surface area contributed by atoms with Gasteiger partial charge in [-0.05, 0) is 50.7 Å². The third-order valence-electron chi connectivity index (χ3n) is 4.45. The molecule has 2 saturated carbocycles. The number of hydrogen-bond acceptors (Lipinski definition) is 3. The van der Waals surface area contributed by atoms with E-state index >= 15 is 0 Å². The minimum Gasteiger partial charge on any atom is -0.335 e. The number of hydrogen-bond donors (Lipinski definition) is 0. The lowest BCUT2D eigenvalue weighted by atomic mass is 10.1. The molecule has 1 aromatic rings. The summed E-state index contributed by atoms with van der Waals surface area (Å²) in [6.45, 7) is 2.31. The molecule has 0 unspecified atom stereocenters. The first kappa shape index (κ1) is 13.9. The molecule has 21 heavy (non-hydrogen) atoms. The molecule has 3 rings (SSSR count). The molecule has 0 N–H and O–H groups in total. The molecule has 0 bridgehead atoms. The summed E-state index contributed by atoms with van der Waals surface area (Å²) < 4.78 is 0. The van der Waals surface area contributed by atoms with Crippen molar-refractivity contribution >= 4 is 11.6 Å². The summed E-state index contributed by atoms with van der Waals surface area (Å²) in [4.78, 5) is 16.2. The normalized spacial score (nSPS) is 18.7. The zero-order chi connectivity index (χ0) is 14.8. The lowest BCUT2D eigenvalue weighted by Gasteiger charge is -2.31. The number of amides is 1. The molecule has 0 spiro atoms. The van der Waals surface area contributed by atoms with Crippen LogP contribution in [0.25, 0.3) is 0 Å². The summed E-state index contributed by atoms with van der Waals surface area (Å²) >= 11 is 0. The van der Waals surface area contributed by atoms with E-state index in [2.05, 4.69) is 13.1 Å². The smallest absolute Gasteiger partial charge is 0.243 e. The summed E-state index contributed by atoms with van der Waals surface area (Å²) in [5.41, 5.74) is 0.781. The van der Waals surface area contributed by atoms with Crippen LogP contribution in [0, 0.1) is 17.4 Å². The Balaban J connectivity index is 1.69. The average molecular weight is 283 g/mol. The molecule has 0 heterocycles. The van der Waals surface area contributed by atoms with Gasteiger partial charge in [-0.15, -0.1) is 0 Å². The van der Waals surface area contributed by atoms with Crippen molar-refractivity contribution in [2.75, 3.05) is 11.4 Å². The maximum atomic E-state index is 12.7. The van der Waals surface area contributed by atoms with Gasteiger partial charge in [0.05, 0.1) is 5.69 Å². The van der Waals surface area contributed by atoms with Gasteiger partial charge in [0.15, 0.2) is 6.19 Å². The maximum absolute atomic E-state index is 12.7. The highest BCUT2D eigenvalue weighted by Gasteiger charge is 2.41. The fraction of sp³-hybridized carbons (Fsp3) is 0.529. The summed E-state index contributed by atoms with van der Waals surface area (Å²) in [5.74, 6) is 0.754. The van der Waals surface area contributed by atoms with Crippen molar-refractivity contribution in [1.82, 2.24) is 4.90 Å². The molecule has 110 valence electrons. The summed E-state index contributed by atoms with van der Waals surface area (Å²) in [6.07, 6.45) is 6.83. The van der Waals surface area contributed by atoms with Gasteiger partial charge < -0.3 is 4.90 Å². The van der Waals surface area contributed by atoms with Crippen LogP contribution in [0.15, 0.2) is 30.3 Å². The molecule has 0 radical (unpaired) electrons. The Morgan fingerprint density at radius 2 is 1.95 bits per heavy atom. The Morgan fingerprint density at radius 3 is 2.48 bits per heavy atom. The van der Waals surface area contributed by atoms with E-state index in [1.54, 1.807) is 0 Å². The number of nitriles is 1. The van der Waals surface area contributed by atoms with Crippen LogP contribution in [0.3, 0.4) is 0 Å². The van der Waals surface area contributed by atoms with E-state index in [1.165, 1.54) is 17.7 Å². The lowest BCUT2D eigenvalue weighted by Crippen LogP contribution is -2.46. The van der Waals surface area contributed by atoms with Crippen LogP contribution in [0.1, 0.15) is 32.6 Å². The number of nitrogens with zero attached hydrogens (tertiary/aromatic N) is 3. The Hall–Kier alpha value is -2.02. The highest BCUT2D eigenvalue weighted by atomic mass is 16.2. The van der Waals surface area contributed by atoms with E-state index in [9.17, 15) is 10.1 Å². The predicted octanol–water partition coefficient (Wildman–Crippen LogP) is 2.76. The fourth-order valence-electron chi connectivity index (χ4n) is 2.93. The summed E-state index contributed by atoms with van der Waals surface area (Å²) in [5, 5.41) is 9.33. The number of benzene rings is 1. The SMILES string of the molecule is C[C@@H](C1CC1)N(C(=O)CN(C#N)c1ccccc1)C1CC1. The molecule has 4 nitrogen and oxygen atoms in total. The van der Waals surface area contributed by atoms with Crippen LogP contribution in [-0.2, 0) is 4.79 Å². The van der Waals surface area contributed by atoms with E-state index in [0.29, 0.717) is 18.0 Å². The first-order valence-corrected chi connectivity index (χ1v) is 7.74. The first-order chi connectivity index (χ1) is 10.2. The zero-order valence-corrected chi connectivity index (χ0v) is 12.4. The second kappa shape index (κ2) is 5.77. The van der Waals surface area contributed by atoms with Crippen LogP contribution < -0.4 is 4.90 Å². The minimum absolute atomic E-state index is 0.0855. The van der Waals surface area contributed by atoms with E-state index < -0.39 is 0 Å². The van der Waals surface area contributed by atoms with Crippen LogP contribution in [0.4, 0.5) is 5.69 Å². The van der Waals surface area contributed by atoms with Crippen LogP contribution in [-0.4, -0.2) is 29.4 Å². The van der Waals surface area contributed by atoms with E-state index in [1.807, 2.05) is 35.2 Å². The Labute approximate surface area is 126 Å². The Kier molecular flexibility index (Phi) is 3.83. The zero-order valence-electron chi connectivity index (χ0n) is 12.4. The minimum atomic E-state index is 0.0855. The largest absolute Gasteiger partial charge is 0.335 e. The molecule has 1 aromatic carbocycles. The molecule has 4 heteroatoms. The number of carbonyl (C=O) groups is 1. The molecule has 1 atom stereocenters. The molecule has 2 aliphatic rings. The van der Waals surface area contributed by atoms with Crippen molar-refractivity contribution < 1.29 is 4.79 Å². The predicted molar refractivity (Wildman–Crippen MR) is 81.5 cm³/mol. The third-order valence-corrected chi connectivity index (χ3v) is 4.45. The molecule has 1 amide bonds. The van der Waals surface area contributed by atoms with Crippen molar-refractivity contribution in [2.24, 2.45) is 5.92 Å². The molecule has 2 aliphatic carbocycles. The highest BCUT2D eigenvalue weighted by molar-refractivity contribution is 5.83. The van der Waals surface area contributed by atoms with Gasteiger partial charge >= 0.3 is 0 Å². The van der Waals surface area contributed by atoms with Crippen LogP contribution in [0.2, 0.25) is 0 Å². The van der Waals surface area contributed by atoms with E-state index in [-0.39, 0.29) is 12.5 Å². The van der Waals surface area contributed by atoms with E-state index in [0.717, 1.165) is 18.5 Å². The van der Waals surface area contributed by atoms with Gasteiger partial charge in [-0.3, -0.25) is 9.69 Å². The first-order valence-electron chi connectivity index (χ1n) is 7.74. The van der Waals surface area contributed by atoms with Gasteiger partial charge in [-0.25, -0.2) is 0 Å². The second-order valence-electron chi connectivity index (χ2n) is 6.13. The lowest BCUT2D eigenvalue weighted by molar-refractivity contribution is -0.132. The topological polar surface area (TPSA) is 47.3 Å². The standard InChI is InChI=1S/C17H21N3O/c1-13(14-7-8-14)20(16-9-10-16)17(21)11-19(12-18)15-5-3-2-4-6-15/h2-6,13-14,16H,7-11H2,1H3/t13-/m0/s1. The third kappa shape index (κ3) is 3.18. The van der Waals surface area contributed by atoms with Crippen molar-refractivity contribution in [2.45, 2.75) is 44.7 Å². The van der Waals surface area contributed by atoms with Gasteiger partial charge in [0.2, 0.25) is 5.91 Å². The van der Waals surface area contributed by atoms with Gasteiger partial charge in [-0.2, -0.15) is 5.26 Å². The maximum Gasteiger partial charge on any atom is 0.243 e. The monoisotopic (exact) mass is 283 g/mol. The number of anilines is 1. The molecular formula is C17H21N3O. The molecule has 0 aliphatic heterocycles. The second-order valence-corrected chi connectivity index (χ2v) is 6.13. The van der Waals surface area contributed by atoms with Crippen molar-refractivity contribution in [3.63, 3.8) is 0 Å². The quantitative estimate of drug-likeness (QED) is 0.596. The summed E-state index contributed by atoms with van der Waals surface area (Å²) in [6, 6.07) is 10.1. The Bertz CT molecular complexity index is 543. The van der Waals surface area contributed by atoms with Crippen molar-refractivity contribution in [1.29, 1.82) is 5.26 Å². The molecule has 0 aromatic heterocycles. The Morgan fingerprint density at radius 1 is 1.29 bits per heavy atom. The van der Waals surface area contributed by atoms with Gasteiger partial charge in [-0.1, -0.05) is 18.2 Å². The van der Waals surface area contributed by atoms with Crippen molar-refractivity contribution in [3.05, 3.63) is 30.3 Å². The average Bonchev–Trinajstić information content (AvgIpc) is 3.38. The fourth-order valence-corrected chi connectivity index (χ4v) is 2.93. The van der Waals surface area contributed by atoms with Gasteiger partial charge in [0.1, 0.15) is 6.54 Å². The van der Waals surface area contributed by atoms with Crippen LogP contribution >= 0.6 is 0 Å². The van der Waals surface area contributed by atoms with E-state index in [4.69, 9.17) is 0 Å². The van der Waals surface area contributed by atoms with Gasteiger partial charge in [0, 0.05) is 12.1 Å². The van der Waals surface area contributed by atoms with Gasteiger partial charge in [0.25, 0.3) is 0 Å². The number of para-hydroxylation sites is 1. The molecular weight excluding hydrogens is 262 g/mol. The molecule has 0 saturated heterocycles.